The third kappa shape index (κ3) is 9.81. The number of hydrogen-bond donors (Lipinski definition) is 3. The van der Waals surface area contributed by atoms with Gasteiger partial charge in [0, 0.05) is 51.3 Å². The van der Waals surface area contributed by atoms with Crippen LogP contribution in [0.25, 0.3) is 0 Å². The van der Waals surface area contributed by atoms with Crippen LogP contribution in [0.1, 0.15) is 48.0 Å². The Morgan fingerprint density at radius 2 is 1.80 bits per heavy atom. The van der Waals surface area contributed by atoms with E-state index in [1.54, 1.807) is 25.3 Å². The summed E-state index contributed by atoms with van der Waals surface area (Å²) in [5.74, 6) is 1.90. The van der Waals surface area contributed by atoms with E-state index in [4.69, 9.17) is 18.9 Å². The van der Waals surface area contributed by atoms with Gasteiger partial charge in [-0.1, -0.05) is 12.1 Å². The lowest BCUT2D eigenvalue weighted by Gasteiger charge is -2.39. The van der Waals surface area contributed by atoms with Gasteiger partial charge in [-0.2, -0.15) is 0 Å². The number of nitrogens with zero attached hydrogens (tertiary/aromatic N) is 2. The highest BCUT2D eigenvalue weighted by atomic mass is 16.5. The summed E-state index contributed by atoms with van der Waals surface area (Å²) in [6, 6.07) is 11.9. The molecule has 0 spiro atoms. The molecule has 2 saturated heterocycles. The van der Waals surface area contributed by atoms with Crippen LogP contribution in [0.5, 0.6) is 17.2 Å². The lowest BCUT2D eigenvalue weighted by molar-refractivity contribution is -0.137. The van der Waals surface area contributed by atoms with E-state index in [1.165, 1.54) is 0 Å². The van der Waals surface area contributed by atoms with E-state index >= 15 is 0 Å². The number of piperidine rings is 2. The highest BCUT2D eigenvalue weighted by molar-refractivity contribution is 5.95. The third-order valence-corrected chi connectivity index (χ3v) is 8.83. The van der Waals surface area contributed by atoms with Crippen LogP contribution in [-0.2, 0) is 20.9 Å². The summed E-state index contributed by atoms with van der Waals surface area (Å²) in [7, 11) is 3.74. The molecular weight excluding hydrogens is 590 g/mol. The van der Waals surface area contributed by atoms with Gasteiger partial charge in [0.2, 0.25) is 5.91 Å². The molecule has 12 nitrogen and oxygen atoms in total. The number of methoxy groups -OCH3 is 1. The van der Waals surface area contributed by atoms with E-state index < -0.39 is 6.10 Å². The van der Waals surface area contributed by atoms with E-state index in [0.717, 1.165) is 37.9 Å². The quantitative estimate of drug-likeness (QED) is 0.395. The fraction of sp³-hybridized carbons (Fsp3) is 0.559. The van der Waals surface area contributed by atoms with Crippen molar-refractivity contribution in [3.63, 3.8) is 0 Å². The molecule has 12 heteroatoms. The molecule has 3 aliphatic rings. The minimum absolute atomic E-state index is 0.142. The molecule has 0 aromatic heterocycles. The second-order valence-electron chi connectivity index (χ2n) is 12.3. The topological polar surface area (TPSA) is 131 Å². The van der Waals surface area contributed by atoms with Gasteiger partial charge < -0.3 is 44.7 Å². The number of rotatable bonds is 7. The molecule has 2 atom stereocenters. The lowest BCUT2D eigenvalue weighted by atomic mass is 9.92. The van der Waals surface area contributed by atoms with Crippen molar-refractivity contribution in [3.05, 3.63) is 53.6 Å². The van der Waals surface area contributed by atoms with Crippen molar-refractivity contribution >= 4 is 17.8 Å². The van der Waals surface area contributed by atoms with Crippen LogP contribution in [0.15, 0.2) is 42.5 Å². The van der Waals surface area contributed by atoms with E-state index in [2.05, 4.69) is 27.9 Å². The Bertz CT molecular complexity index is 1330. The van der Waals surface area contributed by atoms with Crippen molar-refractivity contribution in [3.8, 4) is 17.2 Å². The first-order valence-corrected chi connectivity index (χ1v) is 16.3. The number of hydrogen-bond acceptors (Lipinski definition) is 8. The Kier molecular flexibility index (Phi) is 12.1. The third-order valence-electron chi connectivity index (χ3n) is 8.83. The summed E-state index contributed by atoms with van der Waals surface area (Å²) >= 11 is 0. The molecule has 3 aliphatic heterocycles. The molecule has 250 valence electrons. The van der Waals surface area contributed by atoms with Gasteiger partial charge in [-0.05, 0) is 81.6 Å². The summed E-state index contributed by atoms with van der Waals surface area (Å²) in [6.45, 7) is 4.58. The molecule has 4 bridgehead atoms. The Labute approximate surface area is 271 Å². The van der Waals surface area contributed by atoms with Crippen molar-refractivity contribution in [2.75, 3.05) is 66.6 Å². The molecule has 2 aromatic rings. The molecule has 2 aromatic carbocycles. The fourth-order valence-electron chi connectivity index (χ4n) is 6.11. The largest absolute Gasteiger partial charge is 0.491 e. The summed E-state index contributed by atoms with van der Waals surface area (Å²) in [5, 5.41) is 8.71. The fourth-order valence-corrected chi connectivity index (χ4v) is 6.11. The van der Waals surface area contributed by atoms with Crippen molar-refractivity contribution in [2.45, 2.75) is 50.9 Å². The molecule has 0 radical (unpaired) electrons. The number of urea groups is 1. The summed E-state index contributed by atoms with van der Waals surface area (Å²) in [5.41, 5.74) is 1.24. The van der Waals surface area contributed by atoms with Gasteiger partial charge in [0.15, 0.2) is 0 Å². The molecule has 46 heavy (non-hydrogen) atoms. The van der Waals surface area contributed by atoms with Crippen molar-refractivity contribution < 1.29 is 33.3 Å². The van der Waals surface area contributed by atoms with Crippen LogP contribution >= 0.6 is 0 Å². The lowest BCUT2D eigenvalue weighted by Crippen LogP contribution is -2.58. The van der Waals surface area contributed by atoms with Crippen molar-refractivity contribution in [1.82, 2.24) is 25.8 Å². The average Bonchev–Trinajstić information content (AvgIpc) is 3.05. The van der Waals surface area contributed by atoms with Crippen LogP contribution in [-0.4, -0.2) is 106 Å². The van der Waals surface area contributed by atoms with Crippen LogP contribution in [0.4, 0.5) is 4.79 Å². The van der Waals surface area contributed by atoms with Gasteiger partial charge in [0.25, 0.3) is 5.91 Å². The Morgan fingerprint density at radius 3 is 2.63 bits per heavy atom. The number of carbonyl (C=O) groups is 3. The van der Waals surface area contributed by atoms with Gasteiger partial charge >= 0.3 is 6.03 Å². The zero-order chi connectivity index (χ0) is 32.3. The van der Waals surface area contributed by atoms with Gasteiger partial charge in [0.1, 0.15) is 23.9 Å². The number of carbonyl (C=O) groups excluding carboxylic acids is 3. The highest BCUT2D eigenvalue weighted by Gasteiger charge is 2.33. The maximum absolute atomic E-state index is 13.3. The molecule has 0 unspecified atom stereocenters. The van der Waals surface area contributed by atoms with E-state index in [1.807, 2.05) is 29.2 Å². The zero-order valence-corrected chi connectivity index (χ0v) is 26.9. The van der Waals surface area contributed by atoms with Crippen LogP contribution in [0, 0.1) is 5.92 Å². The molecule has 3 N–H and O–H groups in total. The molecule has 4 amide bonds. The predicted octanol–water partition coefficient (Wildman–Crippen LogP) is 3.15. The minimum atomic E-state index is -0.390. The predicted molar refractivity (Wildman–Crippen MR) is 172 cm³/mol. The van der Waals surface area contributed by atoms with Crippen molar-refractivity contribution in [2.24, 2.45) is 5.92 Å². The van der Waals surface area contributed by atoms with E-state index in [9.17, 15) is 14.4 Å². The first-order valence-electron chi connectivity index (χ1n) is 16.3. The Morgan fingerprint density at radius 1 is 0.978 bits per heavy atom. The molecule has 2 fully saturated rings. The summed E-state index contributed by atoms with van der Waals surface area (Å²) in [6.07, 6.45) is 3.91. The normalized spacial score (nSPS) is 21.8. The first kappa shape index (κ1) is 33.5. The maximum atomic E-state index is 13.3. The molecule has 3 heterocycles. The van der Waals surface area contributed by atoms with Crippen LogP contribution in [0.3, 0.4) is 0 Å². The van der Waals surface area contributed by atoms with Gasteiger partial charge in [0.05, 0.1) is 25.4 Å². The van der Waals surface area contributed by atoms with Crippen LogP contribution < -0.4 is 25.4 Å². The van der Waals surface area contributed by atoms with E-state index in [0.29, 0.717) is 67.9 Å². The monoisotopic (exact) mass is 637 g/mol. The Hall–Kier alpha value is -3.87. The summed E-state index contributed by atoms with van der Waals surface area (Å²) < 4.78 is 23.5. The molecule has 0 saturated carbocycles. The second-order valence-corrected chi connectivity index (χ2v) is 12.3. The smallest absolute Gasteiger partial charge is 0.315 e. The van der Waals surface area contributed by atoms with Gasteiger partial charge in [-0.3, -0.25) is 9.59 Å². The molecule has 0 aliphatic carbocycles. The standard InChI is InChI=1S/C34H47N5O7/c1-38-13-8-24(9-14-38)6-7-32(40)39-15-10-30-31(22-39)45-23-25-4-3-5-27(18-25)46-29-20-26(19-28(21-29)44-17-16-43-2)33(41)35-11-12-36-34(42)37-30/h3-5,18-21,24,30-31H,6-17,22-23H2,1-2H3,(H,35,41)(H2,36,37,42)/t30-,31-/m0/s1. The number of benzene rings is 2. The first-order chi connectivity index (χ1) is 22.4. The Balaban J connectivity index is 1.29. The number of likely N-dealkylation sites (tertiary alicyclic amines) is 2. The van der Waals surface area contributed by atoms with Gasteiger partial charge in [-0.15, -0.1) is 0 Å². The average molecular weight is 638 g/mol. The molecule has 5 rings (SSSR count). The SMILES string of the molecule is COCCOc1cc2cc(c1)C(=O)NCCNC(=O)N[C@H]1CCN(C(=O)CCC3CCN(C)CC3)C[C@@H]1OCc1cccc(c1)O2. The number of fused-ring (bicyclic) bond motifs is 5. The number of ether oxygens (including phenoxy) is 4. The molecular formula is C34H47N5O7. The number of amides is 4. The maximum Gasteiger partial charge on any atom is 0.315 e. The van der Waals surface area contributed by atoms with Gasteiger partial charge in [-0.25, -0.2) is 4.79 Å². The number of nitrogens with one attached hydrogen (secondary N) is 3. The van der Waals surface area contributed by atoms with E-state index in [-0.39, 0.29) is 43.6 Å². The summed E-state index contributed by atoms with van der Waals surface area (Å²) in [4.78, 5) is 43.4. The second kappa shape index (κ2) is 16.6. The van der Waals surface area contributed by atoms with Crippen molar-refractivity contribution in [1.29, 1.82) is 0 Å². The van der Waals surface area contributed by atoms with Crippen LogP contribution in [0.2, 0.25) is 0 Å². The zero-order valence-electron chi connectivity index (χ0n) is 26.9. The minimum Gasteiger partial charge on any atom is -0.491 e. The highest BCUT2D eigenvalue weighted by Crippen LogP contribution is 2.29.